The second-order valence-electron chi connectivity index (χ2n) is 5.80. The van der Waals surface area contributed by atoms with Gasteiger partial charge in [0.1, 0.15) is 6.33 Å². The molecule has 2 atom stereocenters. The predicted octanol–water partition coefficient (Wildman–Crippen LogP) is 1.36. The van der Waals surface area contributed by atoms with Gasteiger partial charge in [0.15, 0.2) is 5.82 Å². The zero-order valence-corrected chi connectivity index (χ0v) is 12.6. The molecule has 24 heavy (non-hydrogen) atoms. The Kier molecular flexibility index (Phi) is 4.27. The van der Waals surface area contributed by atoms with Crippen LogP contribution in [0.25, 0.3) is 5.69 Å². The predicted molar refractivity (Wildman–Crippen MR) is 78.9 cm³/mol. The van der Waals surface area contributed by atoms with Crippen molar-refractivity contribution in [3.8, 4) is 5.69 Å². The van der Waals surface area contributed by atoms with Gasteiger partial charge in [-0.3, -0.25) is 14.3 Å². The normalized spacial score (nSPS) is 22.0. The van der Waals surface area contributed by atoms with Crippen LogP contribution in [0, 0.1) is 11.8 Å². The Hall–Kier alpha value is -2.42. The molecule has 1 amide bonds. The molecule has 2 aromatic rings. The van der Waals surface area contributed by atoms with E-state index >= 15 is 0 Å². The van der Waals surface area contributed by atoms with Crippen LogP contribution < -0.4 is 5.73 Å². The van der Waals surface area contributed by atoms with Gasteiger partial charge < -0.3 is 5.73 Å². The van der Waals surface area contributed by atoms with E-state index in [0.29, 0.717) is 5.82 Å². The van der Waals surface area contributed by atoms with Crippen LogP contribution in [0.1, 0.15) is 5.82 Å². The number of amides is 1. The van der Waals surface area contributed by atoms with Crippen molar-refractivity contribution < 1.29 is 18.0 Å². The van der Waals surface area contributed by atoms with Gasteiger partial charge in [-0.1, -0.05) is 18.2 Å². The van der Waals surface area contributed by atoms with Gasteiger partial charge in [-0.05, 0) is 12.1 Å². The molecule has 2 N–H and O–H groups in total. The van der Waals surface area contributed by atoms with E-state index in [0.717, 1.165) is 5.69 Å². The number of carbonyl (C=O) groups excluding carboxylic acids is 1. The Labute approximate surface area is 136 Å². The molecule has 0 radical (unpaired) electrons. The van der Waals surface area contributed by atoms with Crippen molar-refractivity contribution in [2.45, 2.75) is 12.7 Å². The summed E-state index contributed by atoms with van der Waals surface area (Å²) in [5.41, 5.74) is 5.96. The molecule has 2 heterocycles. The Balaban J connectivity index is 1.79. The first-order valence-corrected chi connectivity index (χ1v) is 7.39. The summed E-state index contributed by atoms with van der Waals surface area (Å²) in [5.74, 6) is -3.40. The van der Waals surface area contributed by atoms with E-state index in [1.54, 1.807) is 4.57 Å². The molecule has 1 fully saturated rings. The molecule has 0 aliphatic carbocycles. The van der Waals surface area contributed by atoms with Gasteiger partial charge in [0.2, 0.25) is 5.91 Å². The first kappa shape index (κ1) is 16.4. The number of benzene rings is 1. The lowest BCUT2D eigenvalue weighted by molar-refractivity contribution is -0.182. The van der Waals surface area contributed by atoms with Crippen molar-refractivity contribution in [2.75, 3.05) is 13.1 Å². The van der Waals surface area contributed by atoms with Crippen LogP contribution in [0.5, 0.6) is 0 Å². The Morgan fingerprint density at radius 1 is 1.25 bits per heavy atom. The molecule has 0 spiro atoms. The molecule has 1 aliphatic heterocycles. The van der Waals surface area contributed by atoms with Crippen LogP contribution in [-0.2, 0) is 11.3 Å². The summed E-state index contributed by atoms with van der Waals surface area (Å²) in [6.07, 6.45) is -2.95. The maximum atomic E-state index is 13.1. The maximum absolute atomic E-state index is 13.1. The van der Waals surface area contributed by atoms with Gasteiger partial charge in [-0.2, -0.15) is 13.2 Å². The molecule has 6 nitrogen and oxygen atoms in total. The van der Waals surface area contributed by atoms with Crippen LogP contribution in [0.2, 0.25) is 0 Å². The highest BCUT2D eigenvalue weighted by atomic mass is 19.4. The summed E-state index contributed by atoms with van der Waals surface area (Å²) in [5, 5.41) is 7.82. The summed E-state index contributed by atoms with van der Waals surface area (Å²) in [6.45, 7) is -0.162. The SMILES string of the molecule is NC(=O)[C@@H]1CN(Cc2nncn2-c2ccccc2)C[C@H]1C(F)(F)F. The van der Waals surface area contributed by atoms with Crippen molar-refractivity contribution in [1.29, 1.82) is 0 Å². The van der Waals surface area contributed by atoms with Gasteiger partial charge in [0.05, 0.1) is 18.4 Å². The summed E-state index contributed by atoms with van der Waals surface area (Å²) in [7, 11) is 0. The summed E-state index contributed by atoms with van der Waals surface area (Å²) < 4.78 is 41.0. The van der Waals surface area contributed by atoms with Crippen LogP contribution >= 0.6 is 0 Å². The summed E-state index contributed by atoms with van der Waals surface area (Å²) in [6, 6.07) is 9.25. The van der Waals surface area contributed by atoms with Gasteiger partial charge >= 0.3 is 6.18 Å². The molecular formula is C15H16F3N5O. The molecule has 0 unspecified atom stereocenters. The fourth-order valence-electron chi connectivity index (χ4n) is 3.01. The second-order valence-corrected chi connectivity index (χ2v) is 5.80. The lowest BCUT2D eigenvalue weighted by atomic mass is 9.95. The van der Waals surface area contributed by atoms with Crippen LogP contribution in [-0.4, -0.2) is 44.8 Å². The average Bonchev–Trinajstić information content (AvgIpc) is 3.15. The highest BCUT2D eigenvalue weighted by Gasteiger charge is 2.51. The van der Waals surface area contributed by atoms with Crippen LogP contribution in [0.4, 0.5) is 13.2 Å². The molecule has 9 heteroatoms. The quantitative estimate of drug-likeness (QED) is 0.913. The second kappa shape index (κ2) is 6.23. The standard InChI is InChI=1S/C15H16F3N5O/c16-15(17,18)12-7-22(6-11(12)14(19)24)8-13-21-20-9-23(13)10-4-2-1-3-5-10/h1-5,9,11-12H,6-8H2,(H2,19,24)/t11-,12-/m1/s1. The van der Waals surface area contributed by atoms with Crippen molar-refractivity contribution in [3.63, 3.8) is 0 Å². The Morgan fingerprint density at radius 3 is 2.54 bits per heavy atom. The molecule has 128 valence electrons. The molecule has 0 bridgehead atoms. The fourth-order valence-corrected chi connectivity index (χ4v) is 3.01. The van der Waals surface area contributed by atoms with E-state index in [2.05, 4.69) is 10.2 Å². The number of likely N-dealkylation sites (tertiary alicyclic amines) is 1. The number of hydrogen-bond donors (Lipinski definition) is 1. The molecule has 3 rings (SSSR count). The molecule has 1 aromatic carbocycles. The number of nitrogens with two attached hydrogens (primary N) is 1. The van der Waals surface area contributed by atoms with Crippen molar-refractivity contribution in [3.05, 3.63) is 42.5 Å². The Morgan fingerprint density at radius 2 is 1.96 bits per heavy atom. The number of para-hydroxylation sites is 1. The van der Waals surface area contributed by atoms with Gasteiger partial charge in [0.25, 0.3) is 0 Å². The van der Waals surface area contributed by atoms with Gasteiger partial charge in [-0.25, -0.2) is 0 Å². The van der Waals surface area contributed by atoms with Gasteiger partial charge in [0, 0.05) is 18.8 Å². The van der Waals surface area contributed by atoms with E-state index in [9.17, 15) is 18.0 Å². The number of nitrogens with zero attached hydrogens (tertiary/aromatic N) is 4. The van der Waals surface area contributed by atoms with E-state index in [1.807, 2.05) is 30.3 Å². The topological polar surface area (TPSA) is 77.0 Å². The molecule has 1 saturated heterocycles. The highest BCUT2D eigenvalue weighted by molar-refractivity contribution is 5.77. The number of rotatable bonds is 4. The third-order valence-corrected chi connectivity index (χ3v) is 4.20. The third kappa shape index (κ3) is 3.25. The maximum Gasteiger partial charge on any atom is 0.393 e. The first-order chi connectivity index (χ1) is 11.4. The van der Waals surface area contributed by atoms with Crippen molar-refractivity contribution in [1.82, 2.24) is 19.7 Å². The zero-order chi connectivity index (χ0) is 17.3. The van der Waals surface area contributed by atoms with Gasteiger partial charge in [-0.15, -0.1) is 10.2 Å². The molecule has 1 aromatic heterocycles. The molecule has 1 aliphatic rings. The summed E-state index contributed by atoms with van der Waals surface area (Å²) >= 11 is 0. The lowest BCUT2D eigenvalue weighted by Crippen LogP contribution is -2.37. The smallest absolute Gasteiger partial charge is 0.369 e. The summed E-state index contributed by atoms with van der Waals surface area (Å²) in [4.78, 5) is 12.9. The third-order valence-electron chi connectivity index (χ3n) is 4.20. The Bertz CT molecular complexity index is 715. The van der Waals surface area contributed by atoms with E-state index in [4.69, 9.17) is 5.73 Å². The highest BCUT2D eigenvalue weighted by Crippen LogP contribution is 2.37. The number of halogens is 3. The molecular weight excluding hydrogens is 323 g/mol. The molecule has 0 saturated carbocycles. The van der Waals surface area contributed by atoms with Crippen LogP contribution in [0.15, 0.2) is 36.7 Å². The van der Waals surface area contributed by atoms with Crippen LogP contribution in [0.3, 0.4) is 0 Å². The van der Waals surface area contributed by atoms with E-state index in [1.165, 1.54) is 11.2 Å². The number of primary amides is 1. The zero-order valence-electron chi connectivity index (χ0n) is 12.6. The number of alkyl halides is 3. The fraction of sp³-hybridized carbons (Fsp3) is 0.400. The minimum Gasteiger partial charge on any atom is -0.369 e. The monoisotopic (exact) mass is 339 g/mol. The average molecular weight is 339 g/mol. The largest absolute Gasteiger partial charge is 0.393 e. The van der Waals surface area contributed by atoms with E-state index < -0.39 is 23.9 Å². The number of carbonyl (C=O) groups is 1. The lowest BCUT2D eigenvalue weighted by Gasteiger charge is -2.18. The minimum absolute atomic E-state index is 0.0405. The van der Waals surface area contributed by atoms with E-state index in [-0.39, 0.29) is 19.6 Å². The van der Waals surface area contributed by atoms with Crippen molar-refractivity contribution >= 4 is 5.91 Å². The number of hydrogen-bond acceptors (Lipinski definition) is 4. The number of aromatic nitrogens is 3. The van der Waals surface area contributed by atoms with Crippen molar-refractivity contribution in [2.24, 2.45) is 17.6 Å². The minimum atomic E-state index is -4.46. The first-order valence-electron chi connectivity index (χ1n) is 7.39.